The van der Waals surface area contributed by atoms with E-state index < -0.39 is 5.41 Å². The average molecular weight is 377 g/mol. The molecule has 0 saturated heterocycles. The molecule has 1 aromatic rings. The van der Waals surface area contributed by atoms with E-state index in [-0.39, 0.29) is 11.6 Å². The molecule has 0 saturated carbocycles. The van der Waals surface area contributed by atoms with Gasteiger partial charge in [-0.25, -0.2) is 0 Å². The molecule has 0 aliphatic heterocycles. The molecule has 1 heterocycles. The number of ketones is 2. The summed E-state index contributed by atoms with van der Waals surface area (Å²) in [5.41, 5.74) is 0.683. The lowest BCUT2D eigenvalue weighted by molar-refractivity contribution is 0.0655. The van der Waals surface area contributed by atoms with Gasteiger partial charge in [0.2, 0.25) is 0 Å². The molecule has 0 radical (unpaired) electrons. The lowest BCUT2D eigenvalue weighted by Crippen LogP contribution is -2.33. The molecular formula is C23H36O2S. The lowest BCUT2D eigenvalue weighted by Gasteiger charge is -2.26. The van der Waals surface area contributed by atoms with Crippen LogP contribution in [0, 0.1) is 5.41 Å². The molecule has 0 amide bonds. The molecule has 1 aromatic heterocycles. The van der Waals surface area contributed by atoms with E-state index in [1.807, 2.05) is 10.8 Å². The molecule has 0 atom stereocenters. The van der Waals surface area contributed by atoms with Crippen LogP contribution in [0.2, 0.25) is 0 Å². The van der Waals surface area contributed by atoms with Crippen LogP contribution in [-0.2, 0) is 0 Å². The van der Waals surface area contributed by atoms with Crippen LogP contribution in [0.5, 0.6) is 0 Å². The van der Waals surface area contributed by atoms with Gasteiger partial charge in [-0.2, -0.15) is 11.3 Å². The summed E-state index contributed by atoms with van der Waals surface area (Å²) < 4.78 is 0. The Bertz CT molecular complexity index is 524. The quantitative estimate of drug-likeness (QED) is 0.247. The van der Waals surface area contributed by atoms with Gasteiger partial charge in [0.1, 0.15) is 0 Å². The standard InChI is InChI=1S/C23H36O2S/c1-3-5-7-9-11-13-15-23(16-14-12-10-8-6-4-2)21(24)19-17-26-18-20(19)22(23)25/h17-18H,3-16H2,1-2H3. The first kappa shape index (κ1) is 21.3. The summed E-state index contributed by atoms with van der Waals surface area (Å²) in [5.74, 6) is 0.252. The Labute approximate surface area is 163 Å². The highest BCUT2D eigenvalue weighted by molar-refractivity contribution is 7.08. The average Bonchev–Trinajstić information content (AvgIpc) is 3.20. The number of thiophene rings is 1. The summed E-state index contributed by atoms with van der Waals surface area (Å²) in [6.45, 7) is 4.45. The van der Waals surface area contributed by atoms with Crippen LogP contribution in [0.25, 0.3) is 0 Å². The van der Waals surface area contributed by atoms with E-state index >= 15 is 0 Å². The molecule has 0 bridgehead atoms. The SMILES string of the molecule is CCCCCCCCC1(CCCCCCCC)C(=O)c2cscc2C1=O. The van der Waals surface area contributed by atoms with Gasteiger partial charge in [0.15, 0.2) is 11.6 Å². The Hall–Kier alpha value is -0.960. The number of fused-ring (bicyclic) bond motifs is 1. The Kier molecular flexibility index (Phi) is 9.04. The third-order valence-corrected chi connectivity index (χ3v) is 6.68. The molecule has 0 unspecified atom stereocenters. The summed E-state index contributed by atoms with van der Waals surface area (Å²) in [5, 5.41) is 3.78. The largest absolute Gasteiger partial charge is 0.293 e. The first-order chi connectivity index (χ1) is 12.7. The molecule has 0 aromatic carbocycles. The predicted octanol–water partition coefficient (Wildman–Crippen LogP) is 7.61. The number of hydrogen-bond acceptors (Lipinski definition) is 3. The third-order valence-electron chi connectivity index (χ3n) is 5.93. The van der Waals surface area contributed by atoms with Crippen LogP contribution in [0.15, 0.2) is 10.8 Å². The highest BCUT2D eigenvalue weighted by Crippen LogP contribution is 2.45. The van der Waals surface area contributed by atoms with Gasteiger partial charge >= 0.3 is 0 Å². The number of hydrogen-bond donors (Lipinski definition) is 0. The molecule has 1 aliphatic rings. The van der Waals surface area contributed by atoms with Gasteiger partial charge in [-0.15, -0.1) is 0 Å². The van der Waals surface area contributed by atoms with Crippen molar-refractivity contribution in [3.05, 3.63) is 21.9 Å². The maximum Gasteiger partial charge on any atom is 0.178 e. The first-order valence-electron chi connectivity index (χ1n) is 10.8. The zero-order valence-corrected chi connectivity index (χ0v) is 17.6. The summed E-state index contributed by atoms with van der Waals surface area (Å²) in [6.07, 6.45) is 15.9. The number of carbonyl (C=O) groups excluding carboxylic acids is 2. The van der Waals surface area contributed by atoms with Gasteiger partial charge in [0, 0.05) is 21.9 Å². The van der Waals surface area contributed by atoms with Crippen LogP contribution in [-0.4, -0.2) is 11.6 Å². The molecule has 0 fully saturated rings. The molecule has 0 spiro atoms. The molecule has 1 aliphatic carbocycles. The number of Topliss-reactive ketones (excluding diaryl/α,β-unsaturated/α-hetero) is 2. The number of carbonyl (C=O) groups is 2. The Balaban J connectivity index is 1.93. The van der Waals surface area contributed by atoms with E-state index in [1.54, 1.807) is 0 Å². The van der Waals surface area contributed by atoms with Gasteiger partial charge in [0.05, 0.1) is 5.41 Å². The normalized spacial score (nSPS) is 15.6. The second kappa shape index (κ2) is 11.0. The molecule has 2 nitrogen and oxygen atoms in total. The molecule has 0 N–H and O–H groups in total. The van der Waals surface area contributed by atoms with E-state index in [4.69, 9.17) is 0 Å². The van der Waals surface area contributed by atoms with Crippen LogP contribution in [0.3, 0.4) is 0 Å². The number of rotatable bonds is 14. The molecule has 26 heavy (non-hydrogen) atoms. The minimum absolute atomic E-state index is 0.126. The maximum absolute atomic E-state index is 13.1. The maximum atomic E-state index is 13.1. The van der Waals surface area contributed by atoms with E-state index in [9.17, 15) is 9.59 Å². The molecular weight excluding hydrogens is 340 g/mol. The summed E-state index contributed by atoms with van der Waals surface area (Å²) in [6, 6.07) is 0. The van der Waals surface area contributed by atoms with Crippen molar-refractivity contribution in [2.75, 3.05) is 0 Å². The van der Waals surface area contributed by atoms with E-state index in [0.29, 0.717) is 11.1 Å². The minimum atomic E-state index is -0.728. The van der Waals surface area contributed by atoms with Crippen molar-refractivity contribution in [2.45, 2.75) is 104 Å². The first-order valence-corrected chi connectivity index (χ1v) is 11.8. The fourth-order valence-electron chi connectivity index (χ4n) is 4.26. The van der Waals surface area contributed by atoms with E-state index in [2.05, 4.69) is 13.8 Å². The third kappa shape index (κ3) is 5.06. The zero-order valence-electron chi connectivity index (χ0n) is 16.8. The van der Waals surface area contributed by atoms with Crippen molar-refractivity contribution in [1.82, 2.24) is 0 Å². The van der Waals surface area contributed by atoms with Crippen molar-refractivity contribution in [3.8, 4) is 0 Å². The molecule has 2 rings (SSSR count). The highest BCUT2D eigenvalue weighted by atomic mass is 32.1. The monoisotopic (exact) mass is 376 g/mol. The Morgan fingerprint density at radius 2 is 1.04 bits per heavy atom. The summed E-state index contributed by atoms with van der Waals surface area (Å²) in [4.78, 5) is 26.2. The van der Waals surface area contributed by atoms with Crippen LogP contribution < -0.4 is 0 Å². The Morgan fingerprint density at radius 1 is 0.654 bits per heavy atom. The minimum Gasteiger partial charge on any atom is -0.293 e. The second-order valence-corrected chi connectivity index (χ2v) is 8.72. The Morgan fingerprint density at radius 3 is 1.46 bits per heavy atom. The topological polar surface area (TPSA) is 34.1 Å². The van der Waals surface area contributed by atoms with Crippen molar-refractivity contribution >= 4 is 22.9 Å². The predicted molar refractivity (Wildman–Crippen MR) is 111 cm³/mol. The van der Waals surface area contributed by atoms with Gasteiger partial charge in [0.25, 0.3) is 0 Å². The fourth-order valence-corrected chi connectivity index (χ4v) is 5.07. The molecule has 146 valence electrons. The van der Waals surface area contributed by atoms with Gasteiger partial charge in [-0.3, -0.25) is 9.59 Å². The van der Waals surface area contributed by atoms with Crippen molar-refractivity contribution in [1.29, 1.82) is 0 Å². The zero-order chi connectivity index (χ0) is 18.8. The second-order valence-electron chi connectivity index (χ2n) is 7.98. The van der Waals surface area contributed by atoms with Crippen molar-refractivity contribution in [2.24, 2.45) is 5.41 Å². The van der Waals surface area contributed by atoms with Gasteiger partial charge < -0.3 is 0 Å². The van der Waals surface area contributed by atoms with Gasteiger partial charge in [-0.1, -0.05) is 90.9 Å². The van der Waals surface area contributed by atoms with Crippen LogP contribution in [0.1, 0.15) is 124 Å². The highest BCUT2D eigenvalue weighted by Gasteiger charge is 2.51. The summed E-state index contributed by atoms with van der Waals surface area (Å²) in [7, 11) is 0. The van der Waals surface area contributed by atoms with E-state index in [1.165, 1.54) is 62.7 Å². The smallest absolute Gasteiger partial charge is 0.178 e. The van der Waals surface area contributed by atoms with Crippen LogP contribution in [0.4, 0.5) is 0 Å². The van der Waals surface area contributed by atoms with Crippen LogP contribution >= 0.6 is 11.3 Å². The fraction of sp³-hybridized carbons (Fsp3) is 0.739. The van der Waals surface area contributed by atoms with Gasteiger partial charge in [-0.05, 0) is 12.8 Å². The van der Waals surface area contributed by atoms with Crippen molar-refractivity contribution < 1.29 is 9.59 Å². The summed E-state index contributed by atoms with van der Waals surface area (Å²) >= 11 is 1.48. The molecule has 3 heteroatoms. The van der Waals surface area contributed by atoms with E-state index in [0.717, 1.165) is 38.5 Å². The van der Waals surface area contributed by atoms with Crippen molar-refractivity contribution in [3.63, 3.8) is 0 Å². The number of unbranched alkanes of at least 4 members (excludes halogenated alkanes) is 10. The lowest BCUT2D eigenvalue weighted by atomic mass is 9.74.